The summed E-state index contributed by atoms with van der Waals surface area (Å²) in [4.78, 5) is 16.1. The molecule has 0 spiro atoms. The maximum absolute atomic E-state index is 13.5. The summed E-state index contributed by atoms with van der Waals surface area (Å²) in [6.07, 6.45) is 0. The average Bonchev–Trinajstić information content (AvgIpc) is 2.78. The molecule has 7 nitrogen and oxygen atoms in total. The van der Waals surface area contributed by atoms with E-state index < -0.39 is 21.8 Å². The highest BCUT2D eigenvalue weighted by atomic mass is 32.2. The van der Waals surface area contributed by atoms with Crippen LogP contribution in [-0.4, -0.2) is 45.2 Å². The second-order valence-corrected chi connectivity index (χ2v) is 10.1. The van der Waals surface area contributed by atoms with Gasteiger partial charge in [0.2, 0.25) is 0 Å². The molecule has 0 aromatic heterocycles. The molecule has 1 aliphatic heterocycles. The van der Waals surface area contributed by atoms with E-state index in [2.05, 4.69) is 28.7 Å². The molecule has 0 radical (unpaired) electrons. The van der Waals surface area contributed by atoms with Crippen LogP contribution in [0.25, 0.3) is 0 Å². The zero-order valence-corrected chi connectivity index (χ0v) is 19.7. The van der Waals surface area contributed by atoms with Crippen molar-refractivity contribution in [3.8, 4) is 0 Å². The maximum Gasteiger partial charge on any atom is 0.337 e. The molecule has 34 heavy (non-hydrogen) atoms. The Kier molecular flexibility index (Phi) is 6.47. The molecule has 1 atom stereocenters. The number of aryl methyl sites for hydroxylation is 1. The van der Waals surface area contributed by atoms with Crippen molar-refractivity contribution in [3.05, 3.63) is 83.7 Å². The van der Waals surface area contributed by atoms with Crippen molar-refractivity contribution >= 4 is 33.1 Å². The summed E-state index contributed by atoms with van der Waals surface area (Å²) in [5.74, 6) is -1.83. The zero-order chi connectivity index (χ0) is 24.5. The summed E-state index contributed by atoms with van der Waals surface area (Å²) in [6, 6.07) is 17.5. The van der Waals surface area contributed by atoms with Crippen LogP contribution in [-0.2, 0) is 10.0 Å². The molecule has 2 N–H and O–H groups in total. The molecular weight excluding hydrogens is 457 g/mol. The van der Waals surface area contributed by atoms with Crippen LogP contribution in [0.2, 0.25) is 0 Å². The van der Waals surface area contributed by atoms with Crippen molar-refractivity contribution in [1.29, 1.82) is 0 Å². The van der Waals surface area contributed by atoms with E-state index in [9.17, 15) is 22.7 Å². The molecule has 4 rings (SSSR count). The quantitative estimate of drug-likeness (QED) is 0.542. The van der Waals surface area contributed by atoms with Gasteiger partial charge in [0.05, 0.1) is 16.1 Å². The van der Waals surface area contributed by atoms with Gasteiger partial charge in [-0.15, -0.1) is 0 Å². The van der Waals surface area contributed by atoms with Gasteiger partial charge in [-0.05, 0) is 67.9 Å². The van der Waals surface area contributed by atoms with E-state index >= 15 is 0 Å². The topological polar surface area (TPSA) is 90.0 Å². The Bertz CT molecular complexity index is 1330. The predicted octanol–water partition coefficient (Wildman–Crippen LogP) is 4.35. The number of anilines is 3. The molecule has 0 saturated carbocycles. The van der Waals surface area contributed by atoms with E-state index in [1.54, 1.807) is 6.07 Å². The highest BCUT2D eigenvalue weighted by Gasteiger charge is 2.27. The highest BCUT2D eigenvalue weighted by Crippen LogP contribution is 2.30. The molecule has 0 unspecified atom stereocenters. The third kappa shape index (κ3) is 4.99. The number of piperazine rings is 1. The number of nitrogens with zero attached hydrogens (tertiary/aromatic N) is 2. The minimum absolute atomic E-state index is 0.00403. The number of rotatable bonds is 6. The van der Waals surface area contributed by atoms with Gasteiger partial charge in [0, 0.05) is 37.1 Å². The predicted molar refractivity (Wildman–Crippen MR) is 131 cm³/mol. The lowest BCUT2D eigenvalue weighted by Crippen LogP contribution is -2.52. The van der Waals surface area contributed by atoms with E-state index in [0.29, 0.717) is 18.8 Å². The molecule has 3 aromatic rings. The van der Waals surface area contributed by atoms with Crippen molar-refractivity contribution < 1.29 is 22.7 Å². The van der Waals surface area contributed by atoms with Gasteiger partial charge >= 0.3 is 5.97 Å². The van der Waals surface area contributed by atoms with Gasteiger partial charge in [0.15, 0.2) is 0 Å². The number of nitrogens with one attached hydrogen (secondary N) is 1. The first-order valence-corrected chi connectivity index (χ1v) is 12.4. The molecule has 0 amide bonds. The number of sulfonamides is 1. The smallest absolute Gasteiger partial charge is 0.337 e. The SMILES string of the molecule is Cc1cccc(N2CCN(c3ccc(NS(=O)(=O)c4cccc(F)c4)cc3C(=O)O)C[C@@H]2C)c1. The first kappa shape index (κ1) is 23.6. The third-order valence-corrected chi connectivity index (χ3v) is 7.27. The Morgan fingerprint density at radius 1 is 1.06 bits per heavy atom. The summed E-state index contributed by atoms with van der Waals surface area (Å²) in [6.45, 7) is 6.09. The monoisotopic (exact) mass is 483 g/mol. The fourth-order valence-electron chi connectivity index (χ4n) is 4.26. The molecule has 1 aliphatic rings. The molecule has 1 saturated heterocycles. The lowest BCUT2D eigenvalue weighted by atomic mass is 10.1. The molecule has 9 heteroatoms. The van der Waals surface area contributed by atoms with E-state index in [1.807, 2.05) is 24.0 Å². The van der Waals surface area contributed by atoms with E-state index in [0.717, 1.165) is 24.4 Å². The lowest BCUT2D eigenvalue weighted by Gasteiger charge is -2.42. The number of benzene rings is 3. The van der Waals surface area contributed by atoms with Crippen molar-refractivity contribution in [2.24, 2.45) is 0 Å². The van der Waals surface area contributed by atoms with Gasteiger partial charge < -0.3 is 14.9 Å². The summed E-state index contributed by atoms with van der Waals surface area (Å²) >= 11 is 0. The van der Waals surface area contributed by atoms with E-state index in [-0.39, 0.29) is 22.2 Å². The minimum Gasteiger partial charge on any atom is -0.478 e. The van der Waals surface area contributed by atoms with E-state index in [4.69, 9.17) is 0 Å². The molecule has 1 heterocycles. The first-order valence-electron chi connectivity index (χ1n) is 10.9. The summed E-state index contributed by atoms with van der Waals surface area (Å²) < 4.78 is 41.1. The first-order chi connectivity index (χ1) is 16.1. The Hall–Kier alpha value is -3.59. The fraction of sp³-hybridized carbons (Fsp3) is 0.240. The molecule has 178 valence electrons. The Morgan fingerprint density at radius 3 is 2.50 bits per heavy atom. The van der Waals surface area contributed by atoms with Crippen LogP contribution < -0.4 is 14.5 Å². The number of halogens is 1. The van der Waals surface area contributed by atoms with Crippen molar-refractivity contribution in [3.63, 3.8) is 0 Å². The molecule has 0 aliphatic carbocycles. The van der Waals surface area contributed by atoms with Crippen molar-refractivity contribution in [2.45, 2.75) is 24.8 Å². The highest BCUT2D eigenvalue weighted by molar-refractivity contribution is 7.92. The second kappa shape index (κ2) is 9.34. The van der Waals surface area contributed by atoms with E-state index in [1.165, 1.54) is 29.8 Å². The van der Waals surface area contributed by atoms with Crippen LogP contribution >= 0.6 is 0 Å². The molecule has 0 bridgehead atoms. The Morgan fingerprint density at radius 2 is 1.82 bits per heavy atom. The zero-order valence-electron chi connectivity index (χ0n) is 18.9. The Labute approximate surface area is 198 Å². The van der Waals surface area contributed by atoms with Gasteiger partial charge in [-0.2, -0.15) is 0 Å². The lowest BCUT2D eigenvalue weighted by molar-refractivity contribution is 0.0697. The number of carboxylic acid groups (broad SMARTS) is 1. The van der Waals surface area contributed by atoms with Gasteiger partial charge in [-0.3, -0.25) is 4.72 Å². The summed E-state index contributed by atoms with van der Waals surface area (Å²) in [5, 5.41) is 9.84. The molecule has 1 fully saturated rings. The van der Waals surface area contributed by atoms with Crippen LogP contribution in [0.4, 0.5) is 21.5 Å². The summed E-state index contributed by atoms with van der Waals surface area (Å²) in [7, 11) is -4.07. The normalized spacial score (nSPS) is 16.4. The van der Waals surface area contributed by atoms with Gasteiger partial charge in [0.1, 0.15) is 5.82 Å². The number of aromatic carboxylic acids is 1. The van der Waals surface area contributed by atoms with Gasteiger partial charge in [-0.25, -0.2) is 17.6 Å². The van der Waals surface area contributed by atoms with Gasteiger partial charge in [-0.1, -0.05) is 18.2 Å². The largest absolute Gasteiger partial charge is 0.478 e. The van der Waals surface area contributed by atoms with Crippen LogP contribution in [0.15, 0.2) is 71.6 Å². The van der Waals surface area contributed by atoms with Crippen LogP contribution in [0.3, 0.4) is 0 Å². The van der Waals surface area contributed by atoms with Crippen molar-refractivity contribution in [1.82, 2.24) is 0 Å². The number of carbonyl (C=O) groups is 1. The van der Waals surface area contributed by atoms with Crippen LogP contribution in [0.1, 0.15) is 22.8 Å². The minimum atomic E-state index is -4.07. The average molecular weight is 484 g/mol. The summed E-state index contributed by atoms with van der Waals surface area (Å²) in [5.41, 5.74) is 2.92. The standard InChI is InChI=1S/C25H26FN3O4S/c1-17-5-3-7-21(13-17)29-12-11-28(16-18(29)2)24-10-9-20(15-23(24)25(30)31)27-34(32,33)22-8-4-6-19(26)14-22/h3-10,13-15,18,27H,11-12,16H2,1-2H3,(H,30,31)/t18-/m0/s1. The van der Waals surface area contributed by atoms with Gasteiger partial charge in [0.25, 0.3) is 10.0 Å². The molecular formula is C25H26FN3O4S. The molecule has 3 aromatic carbocycles. The second-order valence-electron chi connectivity index (χ2n) is 8.43. The van der Waals surface area contributed by atoms with Crippen molar-refractivity contribution in [2.75, 3.05) is 34.2 Å². The number of carboxylic acids is 1. The fourth-order valence-corrected chi connectivity index (χ4v) is 5.34. The van der Waals surface area contributed by atoms with Crippen LogP contribution in [0, 0.1) is 12.7 Å². The number of hydrogen-bond donors (Lipinski definition) is 2. The number of hydrogen-bond acceptors (Lipinski definition) is 5. The maximum atomic E-state index is 13.5. The third-order valence-electron chi connectivity index (χ3n) is 5.89. The van der Waals surface area contributed by atoms with Crippen LogP contribution in [0.5, 0.6) is 0 Å². The Balaban J connectivity index is 1.56.